The van der Waals surface area contributed by atoms with Gasteiger partial charge in [0.1, 0.15) is 0 Å². The smallest absolute Gasteiger partial charge is 0.0888 e. The van der Waals surface area contributed by atoms with E-state index >= 15 is 0 Å². The molecule has 0 aromatic carbocycles. The predicted molar refractivity (Wildman–Crippen MR) is 66.2 cm³/mol. The van der Waals surface area contributed by atoms with Gasteiger partial charge in [-0.15, -0.1) is 0 Å². The number of halogens is 1. The van der Waals surface area contributed by atoms with Crippen LogP contribution in [0.15, 0.2) is 18.3 Å². The number of methoxy groups -OCH3 is 1. The summed E-state index contributed by atoms with van der Waals surface area (Å²) in [7, 11) is 1.66. The van der Waals surface area contributed by atoms with E-state index in [9.17, 15) is 0 Å². The third kappa shape index (κ3) is 7.28. The molecule has 5 heteroatoms. The molecule has 1 aromatic rings. The molecule has 1 heterocycles. The van der Waals surface area contributed by atoms with E-state index < -0.39 is 0 Å². The highest BCUT2D eigenvalue weighted by Gasteiger charge is 1.96. The van der Waals surface area contributed by atoms with Crippen molar-refractivity contribution in [3.63, 3.8) is 0 Å². The summed E-state index contributed by atoms with van der Waals surface area (Å²) in [5.41, 5.74) is 0.845. The van der Waals surface area contributed by atoms with Crippen LogP contribution >= 0.6 is 11.6 Å². The fourth-order valence-electron chi connectivity index (χ4n) is 1.21. The Hall–Kier alpha value is -0.680. The molecule has 0 aliphatic heterocycles. The number of nitrogens with zero attached hydrogens (tertiary/aromatic N) is 1. The molecule has 0 aliphatic rings. The van der Waals surface area contributed by atoms with Crippen molar-refractivity contribution in [2.45, 2.75) is 13.0 Å². The number of aromatic nitrogens is 1. The molecule has 1 aromatic heterocycles. The second-order valence-electron chi connectivity index (χ2n) is 3.48. The minimum absolute atomic E-state index is 0.485. The van der Waals surface area contributed by atoms with Crippen LogP contribution in [0.25, 0.3) is 0 Å². The highest BCUT2D eigenvalue weighted by molar-refractivity contribution is 6.30. The first-order chi connectivity index (χ1) is 8.33. The molecule has 0 spiro atoms. The zero-order valence-electron chi connectivity index (χ0n) is 10.0. The van der Waals surface area contributed by atoms with Crippen LogP contribution in [-0.4, -0.2) is 38.5 Å². The van der Waals surface area contributed by atoms with Crippen LogP contribution in [0.4, 0.5) is 0 Å². The van der Waals surface area contributed by atoms with Gasteiger partial charge in [-0.3, -0.25) is 4.98 Å². The molecule has 0 radical (unpaired) electrons. The van der Waals surface area contributed by atoms with Crippen molar-refractivity contribution < 1.29 is 14.2 Å². The maximum absolute atomic E-state index is 5.83. The lowest BCUT2D eigenvalue weighted by atomic mass is 10.4. The van der Waals surface area contributed by atoms with Gasteiger partial charge in [-0.2, -0.15) is 0 Å². The molecule has 0 N–H and O–H groups in total. The second-order valence-corrected chi connectivity index (χ2v) is 3.91. The summed E-state index contributed by atoms with van der Waals surface area (Å²) in [6.07, 6.45) is 2.54. The van der Waals surface area contributed by atoms with E-state index in [0.29, 0.717) is 38.1 Å². The number of hydrogen-bond acceptors (Lipinski definition) is 4. The van der Waals surface area contributed by atoms with Crippen molar-refractivity contribution in [1.82, 2.24) is 4.98 Å². The standard InChI is InChI=1S/C12H18ClNO3/c1-15-7-8-16-5-2-6-17-10-12-9-11(13)3-4-14-12/h3-4,9H,2,5-8,10H2,1H3. The van der Waals surface area contributed by atoms with Gasteiger partial charge < -0.3 is 14.2 Å². The van der Waals surface area contributed by atoms with Crippen molar-refractivity contribution in [2.75, 3.05) is 33.5 Å². The summed E-state index contributed by atoms with van der Waals surface area (Å²) in [6, 6.07) is 3.55. The highest BCUT2D eigenvalue weighted by Crippen LogP contribution is 2.08. The van der Waals surface area contributed by atoms with Crippen LogP contribution in [0, 0.1) is 0 Å². The van der Waals surface area contributed by atoms with Crippen LogP contribution in [0.5, 0.6) is 0 Å². The fraction of sp³-hybridized carbons (Fsp3) is 0.583. The number of ether oxygens (including phenoxy) is 3. The Kier molecular flexibility index (Phi) is 7.92. The van der Waals surface area contributed by atoms with E-state index in [1.165, 1.54) is 0 Å². The van der Waals surface area contributed by atoms with Crippen molar-refractivity contribution in [3.8, 4) is 0 Å². The van der Waals surface area contributed by atoms with Crippen molar-refractivity contribution in [3.05, 3.63) is 29.0 Å². The molecule has 0 unspecified atom stereocenters. The largest absolute Gasteiger partial charge is 0.382 e. The Labute approximate surface area is 107 Å². The number of hydrogen-bond donors (Lipinski definition) is 0. The zero-order chi connectivity index (χ0) is 12.3. The summed E-state index contributed by atoms with van der Waals surface area (Å²) in [5.74, 6) is 0. The van der Waals surface area contributed by atoms with E-state index in [0.717, 1.165) is 12.1 Å². The van der Waals surface area contributed by atoms with E-state index in [2.05, 4.69) is 4.98 Å². The molecular formula is C12H18ClNO3. The summed E-state index contributed by atoms with van der Waals surface area (Å²) in [5, 5.41) is 0.682. The third-order valence-electron chi connectivity index (χ3n) is 2.04. The van der Waals surface area contributed by atoms with Crippen molar-refractivity contribution in [2.24, 2.45) is 0 Å². The van der Waals surface area contributed by atoms with Gasteiger partial charge in [-0.05, 0) is 18.6 Å². The van der Waals surface area contributed by atoms with Gasteiger partial charge in [0.25, 0.3) is 0 Å². The van der Waals surface area contributed by atoms with Gasteiger partial charge in [0.2, 0.25) is 0 Å². The van der Waals surface area contributed by atoms with E-state index in [-0.39, 0.29) is 0 Å². The van der Waals surface area contributed by atoms with Gasteiger partial charge in [-0.1, -0.05) is 11.6 Å². The Morgan fingerprint density at radius 1 is 1.18 bits per heavy atom. The zero-order valence-corrected chi connectivity index (χ0v) is 10.8. The molecule has 0 saturated heterocycles. The lowest BCUT2D eigenvalue weighted by Gasteiger charge is -2.05. The molecule has 4 nitrogen and oxygen atoms in total. The number of pyridine rings is 1. The molecule has 0 bridgehead atoms. The van der Waals surface area contributed by atoms with Gasteiger partial charge in [-0.25, -0.2) is 0 Å². The van der Waals surface area contributed by atoms with E-state index in [1.54, 1.807) is 25.4 Å². The van der Waals surface area contributed by atoms with Crippen molar-refractivity contribution >= 4 is 11.6 Å². The molecule has 0 saturated carbocycles. The maximum atomic E-state index is 5.83. The van der Waals surface area contributed by atoms with E-state index in [4.69, 9.17) is 25.8 Å². The average Bonchev–Trinajstić information content (AvgIpc) is 2.33. The first-order valence-corrected chi connectivity index (χ1v) is 5.95. The maximum Gasteiger partial charge on any atom is 0.0888 e. The molecule has 0 fully saturated rings. The molecule has 17 heavy (non-hydrogen) atoms. The predicted octanol–water partition coefficient (Wildman–Crippen LogP) is 2.30. The summed E-state index contributed by atoms with van der Waals surface area (Å²) in [4.78, 5) is 4.14. The quantitative estimate of drug-likeness (QED) is 0.638. The molecule has 96 valence electrons. The van der Waals surface area contributed by atoms with Crippen LogP contribution in [0.3, 0.4) is 0 Å². The topological polar surface area (TPSA) is 40.6 Å². The minimum atomic E-state index is 0.485. The molecule has 1 rings (SSSR count). The van der Waals surface area contributed by atoms with Crippen LogP contribution in [0.2, 0.25) is 5.02 Å². The van der Waals surface area contributed by atoms with Gasteiger partial charge in [0, 0.05) is 31.5 Å². The number of rotatable bonds is 9. The van der Waals surface area contributed by atoms with Crippen molar-refractivity contribution in [1.29, 1.82) is 0 Å². The molecule has 0 aliphatic carbocycles. The molecule has 0 atom stereocenters. The summed E-state index contributed by atoms with van der Waals surface area (Å²) >= 11 is 5.83. The lowest BCUT2D eigenvalue weighted by molar-refractivity contribution is 0.0478. The molecule has 0 amide bonds. The minimum Gasteiger partial charge on any atom is -0.382 e. The van der Waals surface area contributed by atoms with Crippen LogP contribution in [-0.2, 0) is 20.8 Å². The third-order valence-corrected chi connectivity index (χ3v) is 2.27. The fourth-order valence-corrected chi connectivity index (χ4v) is 1.39. The Morgan fingerprint density at radius 2 is 2.00 bits per heavy atom. The van der Waals surface area contributed by atoms with E-state index in [1.807, 2.05) is 0 Å². The normalized spacial score (nSPS) is 10.7. The first kappa shape index (κ1) is 14.4. The Balaban J connectivity index is 1.97. The summed E-state index contributed by atoms with van der Waals surface area (Å²) < 4.78 is 15.6. The lowest BCUT2D eigenvalue weighted by Crippen LogP contribution is -2.06. The van der Waals surface area contributed by atoms with Gasteiger partial charge >= 0.3 is 0 Å². The molecular weight excluding hydrogens is 242 g/mol. The Bertz CT molecular complexity index is 310. The summed E-state index contributed by atoms with van der Waals surface area (Å²) in [6.45, 7) is 3.09. The second kappa shape index (κ2) is 9.36. The van der Waals surface area contributed by atoms with Gasteiger partial charge in [0.05, 0.1) is 25.5 Å². The Morgan fingerprint density at radius 3 is 2.76 bits per heavy atom. The SMILES string of the molecule is COCCOCCCOCc1cc(Cl)ccn1. The monoisotopic (exact) mass is 259 g/mol. The van der Waals surface area contributed by atoms with Gasteiger partial charge in [0.15, 0.2) is 0 Å². The van der Waals surface area contributed by atoms with Crippen LogP contribution < -0.4 is 0 Å². The first-order valence-electron chi connectivity index (χ1n) is 5.58. The highest BCUT2D eigenvalue weighted by atomic mass is 35.5. The average molecular weight is 260 g/mol. The van der Waals surface area contributed by atoms with Crippen LogP contribution in [0.1, 0.15) is 12.1 Å².